The number of rotatable bonds is 4. The minimum Gasteiger partial charge on any atom is -0.367 e. The number of nitrogens with zero attached hydrogens (tertiary/aromatic N) is 1. The van der Waals surface area contributed by atoms with Crippen molar-refractivity contribution in [2.24, 2.45) is 0 Å². The highest BCUT2D eigenvalue weighted by Gasteiger charge is 2.16. The predicted molar refractivity (Wildman–Crippen MR) is 91.0 cm³/mol. The summed E-state index contributed by atoms with van der Waals surface area (Å²) in [7, 11) is -3.42. The van der Waals surface area contributed by atoms with Gasteiger partial charge in [0, 0.05) is 17.0 Å². The van der Waals surface area contributed by atoms with E-state index in [1.807, 2.05) is 30.3 Å². The van der Waals surface area contributed by atoms with Gasteiger partial charge >= 0.3 is 0 Å². The molecule has 0 unspecified atom stereocenters. The zero-order valence-electron chi connectivity index (χ0n) is 12.0. The van der Waals surface area contributed by atoms with E-state index in [1.165, 1.54) is 10.2 Å². The average Bonchev–Trinajstić information content (AvgIpc) is 2.83. The van der Waals surface area contributed by atoms with Crippen LogP contribution in [0.4, 0.5) is 5.82 Å². The second-order valence-electron chi connectivity index (χ2n) is 5.10. The minimum atomic E-state index is -3.42. The molecule has 0 aliphatic heterocycles. The summed E-state index contributed by atoms with van der Waals surface area (Å²) in [6.07, 6.45) is 1.19. The Bertz CT molecular complexity index is 918. The summed E-state index contributed by atoms with van der Waals surface area (Å²) in [6, 6.07) is 16.8. The SMILES string of the molecule is CS(=O)(=O)n1c(NCc2ccccc2)cc2cc(Cl)ccc21. The summed E-state index contributed by atoms with van der Waals surface area (Å²) in [6.45, 7) is 0.542. The normalized spacial score (nSPS) is 11.7. The molecule has 0 atom stereocenters. The summed E-state index contributed by atoms with van der Waals surface area (Å²) in [4.78, 5) is 0. The summed E-state index contributed by atoms with van der Waals surface area (Å²) < 4.78 is 25.5. The Hall–Kier alpha value is -1.98. The van der Waals surface area contributed by atoms with E-state index in [9.17, 15) is 8.42 Å². The average molecular weight is 335 g/mol. The molecule has 0 spiro atoms. The van der Waals surface area contributed by atoms with Gasteiger partial charge in [-0.3, -0.25) is 0 Å². The van der Waals surface area contributed by atoms with Crippen LogP contribution >= 0.6 is 11.6 Å². The Kier molecular flexibility index (Phi) is 3.85. The lowest BCUT2D eigenvalue weighted by Crippen LogP contribution is -2.14. The molecule has 0 amide bonds. The van der Waals surface area contributed by atoms with Crippen molar-refractivity contribution in [3.8, 4) is 0 Å². The van der Waals surface area contributed by atoms with Crippen molar-refractivity contribution in [3.05, 3.63) is 65.2 Å². The van der Waals surface area contributed by atoms with Gasteiger partial charge < -0.3 is 5.32 Å². The highest BCUT2D eigenvalue weighted by Crippen LogP contribution is 2.28. The number of hydrogen-bond donors (Lipinski definition) is 1. The monoisotopic (exact) mass is 334 g/mol. The first-order chi connectivity index (χ1) is 10.4. The molecule has 0 aliphatic carbocycles. The quantitative estimate of drug-likeness (QED) is 0.791. The molecule has 0 radical (unpaired) electrons. The number of fused-ring (bicyclic) bond motifs is 1. The van der Waals surface area contributed by atoms with E-state index in [1.54, 1.807) is 24.3 Å². The maximum atomic E-state index is 12.1. The third kappa shape index (κ3) is 2.96. The van der Waals surface area contributed by atoms with Gasteiger partial charge in [-0.25, -0.2) is 12.4 Å². The Morgan fingerprint density at radius 2 is 1.82 bits per heavy atom. The van der Waals surface area contributed by atoms with Crippen molar-refractivity contribution in [2.75, 3.05) is 11.6 Å². The van der Waals surface area contributed by atoms with Gasteiger partial charge in [0.1, 0.15) is 5.82 Å². The smallest absolute Gasteiger partial charge is 0.237 e. The van der Waals surface area contributed by atoms with Crippen molar-refractivity contribution in [1.82, 2.24) is 3.97 Å². The van der Waals surface area contributed by atoms with Gasteiger partial charge in [-0.05, 0) is 29.8 Å². The van der Waals surface area contributed by atoms with E-state index < -0.39 is 10.0 Å². The van der Waals surface area contributed by atoms with Crippen molar-refractivity contribution in [2.45, 2.75) is 6.54 Å². The van der Waals surface area contributed by atoms with Crippen LogP contribution in [0.2, 0.25) is 5.02 Å². The molecule has 0 bridgehead atoms. The fourth-order valence-corrected chi connectivity index (χ4v) is 3.61. The summed E-state index contributed by atoms with van der Waals surface area (Å²) in [5, 5.41) is 4.55. The molecule has 0 aliphatic rings. The van der Waals surface area contributed by atoms with Crippen LogP contribution in [0.5, 0.6) is 0 Å². The number of hydrogen-bond acceptors (Lipinski definition) is 3. The molecule has 0 saturated heterocycles. The third-order valence-electron chi connectivity index (χ3n) is 3.37. The highest BCUT2D eigenvalue weighted by molar-refractivity contribution is 7.89. The molecule has 2 aromatic carbocycles. The second-order valence-corrected chi connectivity index (χ2v) is 7.37. The lowest BCUT2D eigenvalue weighted by Gasteiger charge is -2.10. The molecule has 3 rings (SSSR count). The van der Waals surface area contributed by atoms with Crippen LogP contribution in [0.3, 0.4) is 0 Å². The zero-order chi connectivity index (χ0) is 15.7. The number of anilines is 1. The standard InChI is InChI=1S/C16H15ClN2O2S/c1-22(20,21)19-15-8-7-14(17)9-13(15)10-16(19)18-11-12-5-3-2-4-6-12/h2-10,18H,11H2,1H3. The van der Waals surface area contributed by atoms with Gasteiger partial charge in [0.2, 0.25) is 10.0 Å². The Morgan fingerprint density at radius 1 is 1.09 bits per heavy atom. The second kappa shape index (κ2) is 5.66. The Labute approximate surface area is 134 Å². The van der Waals surface area contributed by atoms with Crippen LogP contribution in [0, 0.1) is 0 Å². The van der Waals surface area contributed by atoms with Crippen LogP contribution in [-0.4, -0.2) is 18.6 Å². The van der Waals surface area contributed by atoms with Crippen LogP contribution in [0.1, 0.15) is 5.56 Å². The molecule has 0 fully saturated rings. The molecular weight excluding hydrogens is 320 g/mol. The molecule has 1 heterocycles. The van der Waals surface area contributed by atoms with Gasteiger partial charge in [-0.2, -0.15) is 0 Å². The van der Waals surface area contributed by atoms with Crippen molar-refractivity contribution < 1.29 is 8.42 Å². The Balaban J connectivity index is 2.04. The molecule has 3 aromatic rings. The number of nitrogens with one attached hydrogen (secondary N) is 1. The van der Waals surface area contributed by atoms with Gasteiger partial charge in [0.25, 0.3) is 0 Å². The number of aromatic nitrogens is 1. The highest BCUT2D eigenvalue weighted by atomic mass is 35.5. The minimum absolute atomic E-state index is 0.531. The van der Waals surface area contributed by atoms with Gasteiger partial charge in [-0.15, -0.1) is 0 Å². The lowest BCUT2D eigenvalue weighted by molar-refractivity contribution is 0.595. The summed E-state index contributed by atoms with van der Waals surface area (Å²) >= 11 is 5.99. The molecule has 1 aromatic heterocycles. The van der Waals surface area contributed by atoms with Gasteiger partial charge in [-0.1, -0.05) is 41.9 Å². The van der Waals surface area contributed by atoms with E-state index in [2.05, 4.69) is 5.32 Å². The van der Waals surface area contributed by atoms with E-state index in [4.69, 9.17) is 11.6 Å². The van der Waals surface area contributed by atoms with Crippen LogP contribution in [0.15, 0.2) is 54.6 Å². The van der Waals surface area contributed by atoms with Crippen molar-refractivity contribution >= 4 is 38.3 Å². The fraction of sp³-hybridized carbons (Fsp3) is 0.125. The largest absolute Gasteiger partial charge is 0.367 e. The van der Waals surface area contributed by atoms with E-state index >= 15 is 0 Å². The van der Waals surface area contributed by atoms with Crippen LogP contribution in [0.25, 0.3) is 10.9 Å². The fourth-order valence-electron chi connectivity index (χ4n) is 2.43. The molecule has 114 valence electrons. The molecule has 0 saturated carbocycles. The molecule has 22 heavy (non-hydrogen) atoms. The maximum Gasteiger partial charge on any atom is 0.237 e. The third-order valence-corrected chi connectivity index (χ3v) is 4.66. The topological polar surface area (TPSA) is 51.1 Å². The first-order valence-corrected chi connectivity index (χ1v) is 8.97. The Morgan fingerprint density at radius 3 is 2.50 bits per heavy atom. The molecule has 4 nitrogen and oxygen atoms in total. The van der Waals surface area contributed by atoms with Gasteiger partial charge in [0.15, 0.2) is 0 Å². The zero-order valence-corrected chi connectivity index (χ0v) is 13.5. The van der Waals surface area contributed by atoms with Crippen LogP contribution in [-0.2, 0) is 16.6 Å². The molecule has 6 heteroatoms. The number of benzene rings is 2. The maximum absolute atomic E-state index is 12.1. The van der Waals surface area contributed by atoms with E-state index in [0.29, 0.717) is 22.9 Å². The van der Waals surface area contributed by atoms with Gasteiger partial charge in [0.05, 0.1) is 11.8 Å². The number of halogens is 1. The summed E-state index contributed by atoms with van der Waals surface area (Å²) in [5.74, 6) is 0.531. The van der Waals surface area contributed by atoms with Crippen LogP contribution < -0.4 is 5.32 Å². The van der Waals surface area contributed by atoms with Crippen molar-refractivity contribution in [3.63, 3.8) is 0 Å². The first-order valence-electron chi connectivity index (χ1n) is 6.74. The van der Waals surface area contributed by atoms with Crippen molar-refractivity contribution in [1.29, 1.82) is 0 Å². The lowest BCUT2D eigenvalue weighted by atomic mass is 10.2. The first kappa shape index (κ1) is 14.9. The molecule has 1 N–H and O–H groups in total. The summed E-state index contributed by atoms with van der Waals surface area (Å²) in [5.41, 5.74) is 1.69. The van der Waals surface area contributed by atoms with E-state index in [0.717, 1.165) is 10.9 Å². The molecular formula is C16H15ClN2O2S. The predicted octanol–water partition coefficient (Wildman–Crippen LogP) is 3.71. The van der Waals surface area contributed by atoms with E-state index in [-0.39, 0.29) is 0 Å².